The minimum absolute atomic E-state index is 0.158. The summed E-state index contributed by atoms with van der Waals surface area (Å²) in [5, 5.41) is 0. The summed E-state index contributed by atoms with van der Waals surface area (Å²) in [6.07, 6.45) is 4.95. The number of ether oxygens (including phenoxy) is 1. The zero-order chi connectivity index (χ0) is 12.3. The maximum atomic E-state index is 6.31. The summed E-state index contributed by atoms with van der Waals surface area (Å²) in [5.41, 5.74) is 6.31. The molecule has 0 amide bonds. The van der Waals surface area contributed by atoms with Crippen LogP contribution >= 0.6 is 11.3 Å². The molecule has 1 fully saturated rings. The molecule has 0 spiro atoms. The molecule has 2 atom stereocenters. The van der Waals surface area contributed by atoms with Crippen molar-refractivity contribution in [2.24, 2.45) is 11.7 Å². The first-order valence-electron chi connectivity index (χ1n) is 6.69. The van der Waals surface area contributed by atoms with E-state index in [9.17, 15) is 0 Å². The van der Waals surface area contributed by atoms with E-state index in [0.717, 1.165) is 25.4 Å². The van der Waals surface area contributed by atoms with Crippen molar-refractivity contribution in [2.45, 2.75) is 51.7 Å². The highest BCUT2D eigenvalue weighted by Crippen LogP contribution is 2.36. The van der Waals surface area contributed by atoms with E-state index in [-0.39, 0.29) is 12.1 Å². The summed E-state index contributed by atoms with van der Waals surface area (Å²) in [6.45, 7) is 5.03. The highest BCUT2D eigenvalue weighted by molar-refractivity contribution is 7.11. The van der Waals surface area contributed by atoms with Crippen LogP contribution in [0.15, 0.2) is 12.1 Å². The molecule has 0 aromatic carbocycles. The molecule has 1 aliphatic carbocycles. The Hall–Kier alpha value is -0.380. The third kappa shape index (κ3) is 3.54. The second-order valence-electron chi connectivity index (χ2n) is 4.85. The largest absolute Gasteiger partial charge is 0.377 e. The van der Waals surface area contributed by atoms with E-state index < -0.39 is 0 Å². The molecule has 2 rings (SSSR count). The number of nitrogens with two attached hydrogens (primary N) is 1. The molecule has 1 saturated carbocycles. The Bertz CT molecular complexity index is 346. The Morgan fingerprint density at radius 1 is 1.35 bits per heavy atom. The first kappa shape index (κ1) is 13.1. The van der Waals surface area contributed by atoms with E-state index in [1.807, 2.05) is 11.3 Å². The van der Waals surface area contributed by atoms with Crippen LogP contribution in [0.3, 0.4) is 0 Å². The molecule has 1 aromatic heterocycles. The molecule has 1 aliphatic rings. The lowest BCUT2D eigenvalue weighted by molar-refractivity contribution is 0.0289. The van der Waals surface area contributed by atoms with Gasteiger partial charge in [-0.25, -0.2) is 0 Å². The predicted molar refractivity (Wildman–Crippen MR) is 73.5 cm³/mol. The number of aryl methyl sites for hydroxylation is 1. The van der Waals surface area contributed by atoms with Gasteiger partial charge < -0.3 is 10.5 Å². The summed E-state index contributed by atoms with van der Waals surface area (Å²) in [5.74, 6) is 0.718. The third-order valence-electron chi connectivity index (χ3n) is 3.37. The fraction of sp³-hybridized carbons (Fsp3) is 0.714. The Morgan fingerprint density at radius 2 is 2.06 bits per heavy atom. The quantitative estimate of drug-likeness (QED) is 0.811. The van der Waals surface area contributed by atoms with E-state index in [1.54, 1.807) is 0 Å². The fourth-order valence-electron chi connectivity index (χ4n) is 2.30. The normalized spacial score (nSPS) is 19.2. The van der Waals surface area contributed by atoms with E-state index in [2.05, 4.69) is 26.0 Å². The topological polar surface area (TPSA) is 35.2 Å². The van der Waals surface area contributed by atoms with Gasteiger partial charge in [0, 0.05) is 22.4 Å². The van der Waals surface area contributed by atoms with E-state index >= 15 is 0 Å². The molecule has 0 radical (unpaired) electrons. The standard InChI is InChI=1S/C14H23NOS/c1-3-11-7-8-12(17-11)9-13(15)14(16-4-2)10-5-6-10/h7-8,10,13-14H,3-6,9,15H2,1-2H3. The van der Waals surface area contributed by atoms with Crippen LogP contribution in [0.2, 0.25) is 0 Å². The Labute approximate surface area is 108 Å². The van der Waals surface area contributed by atoms with Gasteiger partial charge in [-0.2, -0.15) is 0 Å². The Balaban J connectivity index is 1.91. The summed E-state index contributed by atoms with van der Waals surface area (Å²) in [6, 6.07) is 4.60. The van der Waals surface area contributed by atoms with Gasteiger partial charge in [0.25, 0.3) is 0 Å². The van der Waals surface area contributed by atoms with Crippen LogP contribution in [0.4, 0.5) is 0 Å². The van der Waals surface area contributed by atoms with Crippen LogP contribution < -0.4 is 5.73 Å². The number of hydrogen-bond acceptors (Lipinski definition) is 3. The van der Waals surface area contributed by atoms with Crippen LogP contribution in [0.5, 0.6) is 0 Å². The van der Waals surface area contributed by atoms with Gasteiger partial charge in [0.2, 0.25) is 0 Å². The number of rotatable bonds is 7. The molecule has 17 heavy (non-hydrogen) atoms. The second kappa shape index (κ2) is 5.98. The van der Waals surface area contributed by atoms with Crippen molar-refractivity contribution in [1.29, 1.82) is 0 Å². The molecule has 2 N–H and O–H groups in total. The van der Waals surface area contributed by atoms with Crippen molar-refractivity contribution >= 4 is 11.3 Å². The van der Waals surface area contributed by atoms with Gasteiger partial charge >= 0.3 is 0 Å². The van der Waals surface area contributed by atoms with E-state index in [1.165, 1.54) is 22.6 Å². The third-order valence-corrected chi connectivity index (χ3v) is 4.62. The molecule has 96 valence electrons. The minimum Gasteiger partial charge on any atom is -0.377 e. The summed E-state index contributed by atoms with van der Waals surface area (Å²) < 4.78 is 5.81. The number of hydrogen-bond donors (Lipinski definition) is 1. The van der Waals surface area contributed by atoms with Gasteiger partial charge in [-0.05, 0) is 50.7 Å². The van der Waals surface area contributed by atoms with Gasteiger partial charge in [-0.3, -0.25) is 0 Å². The van der Waals surface area contributed by atoms with Gasteiger partial charge in [0.15, 0.2) is 0 Å². The lowest BCUT2D eigenvalue weighted by Gasteiger charge is -2.23. The van der Waals surface area contributed by atoms with Crippen molar-refractivity contribution in [2.75, 3.05) is 6.61 Å². The zero-order valence-corrected chi connectivity index (χ0v) is 11.6. The molecule has 3 heteroatoms. The summed E-state index contributed by atoms with van der Waals surface area (Å²) in [7, 11) is 0. The SMILES string of the molecule is CCOC(C(N)Cc1ccc(CC)s1)C1CC1. The molecular weight excluding hydrogens is 230 g/mol. The molecule has 0 bridgehead atoms. The highest BCUT2D eigenvalue weighted by Gasteiger charge is 2.35. The molecule has 0 saturated heterocycles. The lowest BCUT2D eigenvalue weighted by atomic mass is 10.0. The van der Waals surface area contributed by atoms with Crippen molar-refractivity contribution in [3.05, 3.63) is 21.9 Å². The summed E-state index contributed by atoms with van der Waals surface area (Å²) >= 11 is 1.89. The van der Waals surface area contributed by atoms with Crippen molar-refractivity contribution in [3.8, 4) is 0 Å². The highest BCUT2D eigenvalue weighted by atomic mass is 32.1. The smallest absolute Gasteiger partial charge is 0.0757 e. The number of thiophene rings is 1. The Kier molecular flexibility index (Phi) is 4.60. The zero-order valence-electron chi connectivity index (χ0n) is 10.8. The lowest BCUT2D eigenvalue weighted by Crippen LogP contribution is -2.40. The summed E-state index contributed by atoms with van der Waals surface area (Å²) in [4.78, 5) is 2.85. The molecule has 2 unspecified atom stereocenters. The maximum absolute atomic E-state index is 6.31. The van der Waals surface area contributed by atoms with Crippen molar-refractivity contribution < 1.29 is 4.74 Å². The first-order chi connectivity index (χ1) is 8.24. The average molecular weight is 253 g/mol. The molecule has 2 nitrogen and oxygen atoms in total. The van der Waals surface area contributed by atoms with Gasteiger partial charge in [-0.15, -0.1) is 11.3 Å². The monoisotopic (exact) mass is 253 g/mol. The van der Waals surface area contributed by atoms with Gasteiger partial charge in [-0.1, -0.05) is 6.92 Å². The van der Waals surface area contributed by atoms with Crippen LogP contribution in [-0.2, 0) is 17.6 Å². The average Bonchev–Trinajstić information content (AvgIpc) is 3.06. The van der Waals surface area contributed by atoms with Crippen LogP contribution in [-0.4, -0.2) is 18.8 Å². The van der Waals surface area contributed by atoms with Crippen LogP contribution in [0, 0.1) is 5.92 Å². The first-order valence-corrected chi connectivity index (χ1v) is 7.51. The molecule has 1 heterocycles. The van der Waals surface area contributed by atoms with Crippen LogP contribution in [0.1, 0.15) is 36.4 Å². The van der Waals surface area contributed by atoms with E-state index in [0.29, 0.717) is 0 Å². The predicted octanol–water partition coefficient (Wildman–Crippen LogP) is 3.00. The molecular formula is C14H23NOS. The van der Waals surface area contributed by atoms with E-state index in [4.69, 9.17) is 10.5 Å². The Morgan fingerprint density at radius 3 is 2.59 bits per heavy atom. The minimum atomic E-state index is 0.158. The maximum Gasteiger partial charge on any atom is 0.0757 e. The van der Waals surface area contributed by atoms with Crippen LogP contribution in [0.25, 0.3) is 0 Å². The van der Waals surface area contributed by atoms with Crippen molar-refractivity contribution in [3.63, 3.8) is 0 Å². The molecule has 0 aliphatic heterocycles. The molecule has 1 aromatic rings. The second-order valence-corrected chi connectivity index (χ2v) is 6.10. The van der Waals surface area contributed by atoms with Crippen molar-refractivity contribution in [1.82, 2.24) is 0 Å². The van der Waals surface area contributed by atoms with Gasteiger partial charge in [0.05, 0.1) is 6.10 Å². The fourth-order valence-corrected chi connectivity index (χ4v) is 3.33. The van der Waals surface area contributed by atoms with Gasteiger partial charge in [0.1, 0.15) is 0 Å².